The molecule has 0 aromatic carbocycles. The molecule has 0 radical (unpaired) electrons. The molecular formula is C15H14Br2N2O. The van der Waals surface area contributed by atoms with Crippen LogP contribution in [0.15, 0.2) is 45.9 Å². The van der Waals surface area contributed by atoms with E-state index in [9.17, 15) is 4.79 Å². The van der Waals surface area contributed by atoms with E-state index in [-0.39, 0.29) is 17.6 Å². The number of hydrogen-bond donors (Lipinski definition) is 0. The van der Waals surface area contributed by atoms with Crippen molar-refractivity contribution in [2.24, 2.45) is 0 Å². The van der Waals surface area contributed by atoms with Crippen molar-refractivity contribution < 1.29 is 4.79 Å². The zero-order valence-electron chi connectivity index (χ0n) is 11.2. The van der Waals surface area contributed by atoms with E-state index < -0.39 is 0 Å². The van der Waals surface area contributed by atoms with Gasteiger partial charge in [0.1, 0.15) is 15.0 Å². The number of ketones is 1. The molecular weight excluding hydrogens is 384 g/mol. The van der Waals surface area contributed by atoms with Crippen molar-refractivity contribution in [3.8, 4) is 0 Å². The Labute approximate surface area is 135 Å². The number of nitrogens with zero attached hydrogens (tertiary/aromatic N) is 2. The Kier molecular flexibility index (Phi) is 5.05. The molecule has 3 nitrogen and oxygen atoms in total. The molecule has 104 valence electrons. The largest absolute Gasteiger partial charge is 0.298 e. The van der Waals surface area contributed by atoms with Crippen LogP contribution in [0.2, 0.25) is 0 Å². The minimum Gasteiger partial charge on any atom is -0.298 e. The van der Waals surface area contributed by atoms with E-state index in [1.54, 1.807) is 12.4 Å². The maximum absolute atomic E-state index is 12.5. The van der Waals surface area contributed by atoms with Gasteiger partial charge in [-0.3, -0.25) is 4.79 Å². The first-order chi connectivity index (χ1) is 9.49. The maximum Gasteiger partial charge on any atom is 0.147 e. The van der Waals surface area contributed by atoms with Crippen molar-refractivity contribution in [2.45, 2.75) is 25.7 Å². The van der Waals surface area contributed by atoms with Crippen molar-refractivity contribution in [1.29, 1.82) is 0 Å². The highest BCUT2D eigenvalue weighted by molar-refractivity contribution is 9.10. The van der Waals surface area contributed by atoms with Crippen molar-refractivity contribution >= 4 is 37.6 Å². The molecule has 2 aromatic rings. The van der Waals surface area contributed by atoms with Crippen LogP contribution in [0.25, 0.3) is 0 Å². The molecule has 2 unspecified atom stereocenters. The maximum atomic E-state index is 12.5. The van der Waals surface area contributed by atoms with Gasteiger partial charge in [-0.15, -0.1) is 0 Å². The van der Waals surface area contributed by atoms with Crippen LogP contribution in [0.5, 0.6) is 0 Å². The Bertz CT molecular complexity index is 543. The molecule has 2 atom stereocenters. The summed E-state index contributed by atoms with van der Waals surface area (Å²) in [6, 6.07) is 7.55. The number of carbonyl (C=O) groups excluding carboxylic acids is 1. The lowest BCUT2D eigenvalue weighted by molar-refractivity contribution is -0.121. The summed E-state index contributed by atoms with van der Waals surface area (Å²) in [4.78, 5) is 20.9. The Hall–Kier alpha value is -1.07. The lowest BCUT2D eigenvalue weighted by atomic mass is 9.87. The number of pyridine rings is 2. The van der Waals surface area contributed by atoms with Crippen LogP contribution in [-0.2, 0) is 4.79 Å². The monoisotopic (exact) mass is 396 g/mol. The summed E-state index contributed by atoms with van der Waals surface area (Å²) in [5.74, 6) is -0.207. The molecule has 0 spiro atoms. The van der Waals surface area contributed by atoms with Gasteiger partial charge >= 0.3 is 0 Å². The number of rotatable bonds is 4. The molecule has 0 N–H and O–H groups in total. The Morgan fingerprint density at radius 1 is 0.900 bits per heavy atom. The molecule has 0 saturated heterocycles. The first kappa shape index (κ1) is 15.3. The van der Waals surface area contributed by atoms with E-state index in [2.05, 4.69) is 41.8 Å². The molecule has 2 heterocycles. The van der Waals surface area contributed by atoms with E-state index in [1.165, 1.54) is 0 Å². The predicted octanol–water partition coefficient (Wildman–Crippen LogP) is 4.48. The summed E-state index contributed by atoms with van der Waals surface area (Å²) in [7, 11) is 0. The van der Waals surface area contributed by atoms with Crippen molar-refractivity contribution in [3.63, 3.8) is 0 Å². The second kappa shape index (κ2) is 6.59. The van der Waals surface area contributed by atoms with Gasteiger partial charge in [-0.2, -0.15) is 0 Å². The standard InChI is InChI=1S/C15H14Br2N2O/c1-9(11-3-5-13(16)18-7-11)15(20)10(2)12-4-6-14(17)19-8-12/h3-10H,1-2H3. The van der Waals surface area contributed by atoms with Gasteiger partial charge in [-0.1, -0.05) is 26.0 Å². The zero-order valence-corrected chi connectivity index (χ0v) is 14.3. The van der Waals surface area contributed by atoms with E-state index in [0.29, 0.717) is 0 Å². The molecule has 0 saturated carbocycles. The molecule has 2 rings (SSSR count). The third-order valence-corrected chi connectivity index (χ3v) is 4.29. The van der Waals surface area contributed by atoms with Crippen LogP contribution < -0.4 is 0 Å². The molecule has 0 aliphatic rings. The van der Waals surface area contributed by atoms with Gasteiger partial charge in [-0.05, 0) is 55.1 Å². The average molecular weight is 398 g/mol. The molecule has 20 heavy (non-hydrogen) atoms. The van der Waals surface area contributed by atoms with Crippen molar-refractivity contribution in [2.75, 3.05) is 0 Å². The zero-order chi connectivity index (χ0) is 14.7. The second-order valence-corrected chi connectivity index (χ2v) is 6.30. The average Bonchev–Trinajstić information content (AvgIpc) is 2.46. The summed E-state index contributed by atoms with van der Waals surface area (Å²) in [6.07, 6.45) is 3.47. The summed E-state index contributed by atoms with van der Waals surface area (Å²) in [5.41, 5.74) is 1.85. The summed E-state index contributed by atoms with van der Waals surface area (Å²) in [6.45, 7) is 3.83. The van der Waals surface area contributed by atoms with E-state index >= 15 is 0 Å². The summed E-state index contributed by atoms with van der Waals surface area (Å²) in [5, 5.41) is 0. The quantitative estimate of drug-likeness (QED) is 0.714. The minimum absolute atomic E-state index is 0.165. The van der Waals surface area contributed by atoms with E-state index in [0.717, 1.165) is 20.3 Å². The van der Waals surface area contributed by atoms with Crippen molar-refractivity contribution in [3.05, 3.63) is 57.0 Å². The Morgan fingerprint density at radius 2 is 1.30 bits per heavy atom. The Balaban J connectivity index is 2.17. The van der Waals surface area contributed by atoms with Crippen LogP contribution in [0.3, 0.4) is 0 Å². The van der Waals surface area contributed by atoms with Crippen LogP contribution in [0.4, 0.5) is 0 Å². The third-order valence-electron chi connectivity index (χ3n) is 3.35. The van der Waals surface area contributed by atoms with Crippen LogP contribution >= 0.6 is 31.9 Å². The van der Waals surface area contributed by atoms with E-state index in [4.69, 9.17) is 0 Å². The fourth-order valence-electron chi connectivity index (χ4n) is 1.99. The fourth-order valence-corrected chi connectivity index (χ4v) is 2.46. The molecule has 0 bridgehead atoms. The Morgan fingerprint density at radius 3 is 1.60 bits per heavy atom. The van der Waals surface area contributed by atoms with Gasteiger partial charge in [0.25, 0.3) is 0 Å². The van der Waals surface area contributed by atoms with E-state index in [1.807, 2.05) is 38.1 Å². The van der Waals surface area contributed by atoms with Gasteiger partial charge in [0.15, 0.2) is 0 Å². The number of Topliss-reactive ketones (excluding diaryl/α,β-unsaturated/α-hetero) is 1. The second-order valence-electron chi connectivity index (χ2n) is 4.67. The topological polar surface area (TPSA) is 42.9 Å². The number of halogens is 2. The van der Waals surface area contributed by atoms with Gasteiger partial charge in [0.05, 0.1) is 0 Å². The SMILES string of the molecule is CC(C(=O)C(C)c1ccc(Br)nc1)c1ccc(Br)nc1. The van der Waals surface area contributed by atoms with Crippen LogP contribution in [0, 0.1) is 0 Å². The molecule has 0 aliphatic heterocycles. The number of carbonyl (C=O) groups is 1. The first-order valence-corrected chi connectivity index (χ1v) is 7.84. The van der Waals surface area contributed by atoms with Gasteiger partial charge < -0.3 is 0 Å². The fraction of sp³-hybridized carbons (Fsp3) is 0.267. The van der Waals surface area contributed by atoms with Crippen molar-refractivity contribution in [1.82, 2.24) is 9.97 Å². The smallest absolute Gasteiger partial charge is 0.147 e. The lowest BCUT2D eigenvalue weighted by Crippen LogP contribution is -2.16. The first-order valence-electron chi connectivity index (χ1n) is 6.25. The predicted molar refractivity (Wildman–Crippen MR) is 85.7 cm³/mol. The highest BCUT2D eigenvalue weighted by Crippen LogP contribution is 2.26. The van der Waals surface area contributed by atoms with Crippen LogP contribution in [0.1, 0.15) is 36.8 Å². The molecule has 0 fully saturated rings. The molecule has 0 aliphatic carbocycles. The van der Waals surface area contributed by atoms with Gasteiger partial charge in [0.2, 0.25) is 0 Å². The number of aromatic nitrogens is 2. The molecule has 5 heteroatoms. The third kappa shape index (κ3) is 3.52. The minimum atomic E-state index is -0.186. The van der Waals surface area contributed by atoms with Gasteiger partial charge in [0, 0.05) is 24.2 Å². The molecule has 2 aromatic heterocycles. The summed E-state index contributed by atoms with van der Waals surface area (Å²) < 4.78 is 1.54. The summed E-state index contributed by atoms with van der Waals surface area (Å²) >= 11 is 6.59. The highest BCUT2D eigenvalue weighted by Gasteiger charge is 2.23. The normalized spacial score (nSPS) is 13.8. The molecule has 0 amide bonds. The van der Waals surface area contributed by atoms with Gasteiger partial charge in [-0.25, -0.2) is 9.97 Å². The highest BCUT2D eigenvalue weighted by atomic mass is 79.9. The lowest BCUT2D eigenvalue weighted by Gasteiger charge is -2.16. The number of hydrogen-bond acceptors (Lipinski definition) is 3. The van der Waals surface area contributed by atoms with Crippen LogP contribution in [-0.4, -0.2) is 15.8 Å².